The normalized spacial score (nSPS) is 9.92. The Morgan fingerprint density at radius 1 is 1.62 bits per heavy atom. The molecule has 0 fully saturated rings. The number of aliphatic carboxylic acids is 1. The summed E-state index contributed by atoms with van der Waals surface area (Å²) in [4.78, 5) is 14.4. The Morgan fingerprint density at radius 3 is 3.00 bits per heavy atom. The van der Waals surface area contributed by atoms with Crippen LogP contribution in [0.25, 0.3) is 0 Å². The van der Waals surface area contributed by atoms with Crippen LogP contribution in [-0.4, -0.2) is 16.1 Å². The molecule has 0 bridgehead atoms. The first kappa shape index (κ1) is 9.71. The van der Waals surface area contributed by atoms with Crippen LogP contribution in [-0.2, 0) is 17.6 Å². The third kappa shape index (κ3) is 3.23. The number of rotatable bonds is 4. The van der Waals surface area contributed by atoms with Crippen LogP contribution in [0, 0.1) is 0 Å². The molecule has 0 radical (unpaired) electrons. The number of aromatic nitrogens is 1. The van der Waals surface area contributed by atoms with Gasteiger partial charge < -0.3 is 5.11 Å². The van der Waals surface area contributed by atoms with E-state index in [4.69, 9.17) is 5.11 Å². The van der Waals surface area contributed by atoms with Crippen molar-refractivity contribution in [2.75, 3.05) is 0 Å². The number of carboxylic acid groups (broad SMARTS) is 1. The lowest BCUT2D eigenvalue weighted by molar-refractivity contribution is -0.136. The first-order valence-electron chi connectivity index (χ1n) is 4.38. The molecule has 0 atom stereocenters. The number of carbonyl (C=O) groups is 1. The lowest BCUT2D eigenvalue weighted by Gasteiger charge is -2.00. The second-order valence-corrected chi connectivity index (χ2v) is 2.90. The van der Waals surface area contributed by atoms with Crippen LogP contribution in [0.3, 0.4) is 0 Å². The van der Waals surface area contributed by atoms with E-state index in [1.807, 2.05) is 12.1 Å². The molecule has 0 saturated carbocycles. The van der Waals surface area contributed by atoms with Gasteiger partial charge >= 0.3 is 5.97 Å². The average Bonchev–Trinajstić information content (AvgIpc) is 2.15. The molecule has 0 amide bonds. The second kappa shape index (κ2) is 4.60. The molecule has 0 spiro atoms. The van der Waals surface area contributed by atoms with Gasteiger partial charge in [-0.05, 0) is 24.1 Å². The fraction of sp³-hybridized carbons (Fsp3) is 0.400. The van der Waals surface area contributed by atoms with Crippen molar-refractivity contribution in [3.05, 3.63) is 29.6 Å². The topological polar surface area (TPSA) is 50.2 Å². The molecule has 1 aromatic heterocycles. The van der Waals surface area contributed by atoms with E-state index in [1.165, 1.54) is 5.56 Å². The Bertz CT molecular complexity index is 297. The van der Waals surface area contributed by atoms with Crippen LogP contribution in [0.4, 0.5) is 0 Å². The van der Waals surface area contributed by atoms with Gasteiger partial charge in [0.15, 0.2) is 0 Å². The standard InChI is InChI=1S/C10H13NO2/c1-2-8-5-6-11-9(7-8)3-4-10(12)13/h5-7H,2-4H2,1H3,(H,12,13). The molecular weight excluding hydrogens is 166 g/mol. The maximum Gasteiger partial charge on any atom is 0.303 e. The first-order chi connectivity index (χ1) is 6.22. The minimum absolute atomic E-state index is 0.153. The number of carboxylic acids is 1. The summed E-state index contributed by atoms with van der Waals surface area (Å²) < 4.78 is 0. The zero-order valence-electron chi connectivity index (χ0n) is 7.66. The highest BCUT2D eigenvalue weighted by atomic mass is 16.4. The third-order valence-corrected chi connectivity index (χ3v) is 1.88. The van der Waals surface area contributed by atoms with Crippen molar-refractivity contribution in [3.8, 4) is 0 Å². The second-order valence-electron chi connectivity index (χ2n) is 2.90. The lowest BCUT2D eigenvalue weighted by atomic mass is 10.1. The molecular formula is C10H13NO2. The summed E-state index contributed by atoms with van der Waals surface area (Å²) >= 11 is 0. The van der Waals surface area contributed by atoms with Crippen molar-refractivity contribution >= 4 is 5.97 Å². The SMILES string of the molecule is CCc1ccnc(CCC(=O)O)c1. The largest absolute Gasteiger partial charge is 0.481 e. The predicted molar refractivity (Wildman–Crippen MR) is 49.6 cm³/mol. The van der Waals surface area contributed by atoms with Crippen molar-refractivity contribution in [1.82, 2.24) is 4.98 Å². The van der Waals surface area contributed by atoms with Gasteiger partial charge in [-0.25, -0.2) is 0 Å². The molecule has 0 aliphatic heterocycles. The Labute approximate surface area is 77.4 Å². The Balaban J connectivity index is 2.61. The Hall–Kier alpha value is -1.38. The molecule has 0 saturated heterocycles. The fourth-order valence-electron chi connectivity index (χ4n) is 1.12. The highest BCUT2D eigenvalue weighted by molar-refractivity contribution is 5.66. The van der Waals surface area contributed by atoms with E-state index >= 15 is 0 Å². The maximum atomic E-state index is 10.3. The molecule has 1 heterocycles. The smallest absolute Gasteiger partial charge is 0.303 e. The van der Waals surface area contributed by atoms with Crippen LogP contribution < -0.4 is 0 Å². The van der Waals surface area contributed by atoms with E-state index in [-0.39, 0.29) is 6.42 Å². The minimum atomic E-state index is -0.774. The summed E-state index contributed by atoms with van der Waals surface area (Å²) in [5.74, 6) is -0.774. The summed E-state index contributed by atoms with van der Waals surface area (Å²) in [6.07, 6.45) is 3.36. The van der Waals surface area contributed by atoms with Crippen molar-refractivity contribution in [3.63, 3.8) is 0 Å². The van der Waals surface area contributed by atoms with E-state index < -0.39 is 5.97 Å². The summed E-state index contributed by atoms with van der Waals surface area (Å²) in [6, 6.07) is 3.91. The highest BCUT2D eigenvalue weighted by Crippen LogP contribution is 2.04. The molecule has 3 heteroatoms. The van der Waals surface area contributed by atoms with E-state index in [0.29, 0.717) is 6.42 Å². The van der Waals surface area contributed by atoms with Crippen molar-refractivity contribution in [2.45, 2.75) is 26.2 Å². The van der Waals surface area contributed by atoms with Crippen LogP contribution in [0.1, 0.15) is 24.6 Å². The monoisotopic (exact) mass is 179 g/mol. The third-order valence-electron chi connectivity index (χ3n) is 1.88. The van der Waals surface area contributed by atoms with Gasteiger partial charge in [0.05, 0.1) is 6.42 Å². The van der Waals surface area contributed by atoms with Crippen LogP contribution in [0.2, 0.25) is 0 Å². The zero-order chi connectivity index (χ0) is 9.68. The van der Waals surface area contributed by atoms with E-state index in [1.54, 1.807) is 6.20 Å². The molecule has 0 unspecified atom stereocenters. The number of pyridine rings is 1. The summed E-state index contributed by atoms with van der Waals surface area (Å²) in [6.45, 7) is 2.07. The molecule has 0 aliphatic carbocycles. The van der Waals surface area contributed by atoms with Crippen molar-refractivity contribution < 1.29 is 9.90 Å². The Morgan fingerprint density at radius 2 is 2.38 bits per heavy atom. The molecule has 0 aliphatic rings. The van der Waals surface area contributed by atoms with E-state index in [2.05, 4.69) is 11.9 Å². The van der Waals surface area contributed by atoms with Gasteiger partial charge in [-0.1, -0.05) is 6.92 Å². The minimum Gasteiger partial charge on any atom is -0.481 e. The van der Waals surface area contributed by atoms with E-state index in [9.17, 15) is 4.79 Å². The quantitative estimate of drug-likeness (QED) is 0.764. The van der Waals surface area contributed by atoms with Crippen LogP contribution in [0.15, 0.2) is 18.3 Å². The molecule has 13 heavy (non-hydrogen) atoms. The lowest BCUT2D eigenvalue weighted by Crippen LogP contribution is -1.99. The van der Waals surface area contributed by atoms with Gasteiger partial charge in [-0.15, -0.1) is 0 Å². The van der Waals surface area contributed by atoms with E-state index in [0.717, 1.165) is 12.1 Å². The number of aryl methyl sites for hydroxylation is 2. The summed E-state index contributed by atoms with van der Waals surface area (Å²) in [5.41, 5.74) is 2.07. The van der Waals surface area contributed by atoms with Gasteiger partial charge in [0.25, 0.3) is 0 Å². The molecule has 1 N–H and O–H groups in total. The predicted octanol–water partition coefficient (Wildman–Crippen LogP) is 1.66. The summed E-state index contributed by atoms with van der Waals surface area (Å²) in [7, 11) is 0. The molecule has 0 aromatic carbocycles. The fourth-order valence-corrected chi connectivity index (χ4v) is 1.12. The zero-order valence-corrected chi connectivity index (χ0v) is 7.66. The molecule has 70 valence electrons. The van der Waals surface area contributed by atoms with Gasteiger partial charge in [0.2, 0.25) is 0 Å². The van der Waals surface area contributed by atoms with Crippen molar-refractivity contribution in [2.24, 2.45) is 0 Å². The highest BCUT2D eigenvalue weighted by Gasteiger charge is 2.00. The van der Waals surface area contributed by atoms with Gasteiger partial charge in [-0.3, -0.25) is 9.78 Å². The number of hydrogen-bond donors (Lipinski definition) is 1. The molecule has 1 rings (SSSR count). The Kier molecular flexibility index (Phi) is 3.43. The van der Waals surface area contributed by atoms with Gasteiger partial charge in [-0.2, -0.15) is 0 Å². The van der Waals surface area contributed by atoms with Gasteiger partial charge in [0, 0.05) is 18.3 Å². The first-order valence-corrected chi connectivity index (χ1v) is 4.38. The number of nitrogens with zero attached hydrogens (tertiary/aromatic N) is 1. The van der Waals surface area contributed by atoms with Crippen molar-refractivity contribution in [1.29, 1.82) is 0 Å². The summed E-state index contributed by atoms with van der Waals surface area (Å²) in [5, 5.41) is 8.47. The molecule has 3 nitrogen and oxygen atoms in total. The molecule has 1 aromatic rings. The van der Waals surface area contributed by atoms with Gasteiger partial charge in [0.1, 0.15) is 0 Å². The maximum absolute atomic E-state index is 10.3. The van der Waals surface area contributed by atoms with Crippen LogP contribution in [0.5, 0.6) is 0 Å². The number of hydrogen-bond acceptors (Lipinski definition) is 2. The average molecular weight is 179 g/mol. The van der Waals surface area contributed by atoms with Crippen LogP contribution >= 0.6 is 0 Å².